The van der Waals surface area contributed by atoms with Crippen LogP contribution in [0.15, 0.2) is 183 Å². The van der Waals surface area contributed by atoms with E-state index in [0.717, 1.165) is 77.5 Å². The molecule has 1 unspecified atom stereocenters. The van der Waals surface area contributed by atoms with Crippen LogP contribution in [0.5, 0.6) is 0 Å². The lowest BCUT2D eigenvalue weighted by Gasteiger charge is -2.24. The molecule has 10 aromatic rings. The fourth-order valence-electron chi connectivity index (χ4n) is 7.93. The zero-order valence-corrected chi connectivity index (χ0v) is 27.9. The maximum Gasteiger partial charge on any atom is 0.159 e. The Kier molecular flexibility index (Phi) is 6.25. The summed E-state index contributed by atoms with van der Waals surface area (Å²) in [7, 11) is 0. The van der Waals surface area contributed by atoms with E-state index in [1.165, 1.54) is 21.5 Å². The van der Waals surface area contributed by atoms with E-state index in [2.05, 4.69) is 121 Å². The van der Waals surface area contributed by atoms with Crippen LogP contribution < -0.4 is 5.32 Å². The Morgan fingerprint density at radius 2 is 1.13 bits per heavy atom. The van der Waals surface area contributed by atoms with Gasteiger partial charge in [-0.2, -0.15) is 0 Å². The Labute approximate surface area is 298 Å². The summed E-state index contributed by atoms with van der Waals surface area (Å²) in [5.74, 6) is 1.41. The molecule has 52 heavy (non-hydrogen) atoms. The maximum absolute atomic E-state index is 6.77. The second kappa shape index (κ2) is 11.3. The van der Waals surface area contributed by atoms with Gasteiger partial charge in [0, 0.05) is 43.8 Å². The third-order valence-electron chi connectivity index (χ3n) is 10.3. The highest BCUT2D eigenvalue weighted by Crippen LogP contribution is 2.41. The van der Waals surface area contributed by atoms with Gasteiger partial charge in [0.05, 0.1) is 0 Å². The monoisotopic (exact) mass is 667 g/mol. The number of para-hydroxylation sites is 2. The van der Waals surface area contributed by atoms with Gasteiger partial charge < -0.3 is 14.2 Å². The lowest BCUT2D eigenvalue weighted by molar-refractivity contribution is 0.663. The van der Waals surface area contributed by atoms with Crippen molar-refractivity contribution in [3.8, 4) is 11.1 Å². The van der Waals surface area contributed by atoms with Crippen molar-refractivity contribution >= 4 is 77.1 Å². The molecule has 0 saturated heterocycles. The van der Waals surface area contributed by atoms with Gasteiger partial charge in [0.2, 0.25) is 0 Å². The molecule has 0 amide bonds. The van der Waals surface area contributed by atoms with Gasteiger partial charge >= 0.3 is 0 Å². The second-order valence-electron chi connectivity index (χ2n) is 13.3. The average Bonchev–Trinajstić information content (AvgIpc) is 3.80. The lowest BCUT2D eigenvalue weighted by Crippen LogP contribution is -2.33. The van der Waals surface area contributed by atoms with E-state index < -0.39 is 6.17 Å². The van der Waals surface area contributed by atoms with Crippen LogP contribution >= 0.6 is 0 Å². The molecule has 1 atom stereocenters. The van der Waals surface area contributed by atoms with Gasteiger partial charge in [0.25, 0.3) is 0 Å². The molecule has 0 aliphatic carbocycles. The van der Waals surface area contributed by atoms with Crippen LogP contribution in [0.3, 0.4) is 0 Å². The van der Waals surface area contributed by atoms with E-state index in [-0.39, 0.29) is 0 Å². The van der Waals surface area contributed by atoms with Crippen LogP contribution in [0.1, 0.15) is 22.9 Å². The van der Waals surface area contributed by atoms with E-state index in [4.69, 9.17) is 18.8 Å². The molecule has 11 rings (SSSR count). The van der Waals surface area contributed by atoms with Crippen LogP contribution in [-0.4, -0.2) is 11.7 Å². The Morgan fingerprint density at radius 1 is 0.462 bits per heavy atom. The van der Waals surface area contributed by atoms with Crippen molar-refractivity contribution in [2.45, 2.75) is 6.17 Å². The number of rotatable bonds is 4. The van der Waals surface area contributed by atoms with Gasteiger partial charge in [-0.1, -0.05) is 140 Å². The molecule has 3 heterocycles. The first kappa shape index (κ1) is 28.8. The molecule has 0 saturated carbocycles. The Morgan fingerprint density at radius 3 is 2.04 bits per heavy atom. The first-order valence-electron chi connectivity index (χ1n) is 17.5. The highest BCUT2D eigenvalue weighted by molar-refractivity contribution is 6.22. The van der Waals surface area contributed by atoms with Gasteiger partial charge in [-0.15, -0.1) is 0 Å². The third-order valence-corrected chi connectivity index (χ3v) is 10.3. The Bertz CT molecular complexity index is 3110. The second-order valence-corrected chi connectivity index (χ2v) is 13.3. The van der Waals surface area contributed by atoms with Gasteiger partial charge in [-0.25, -0.2) is 9.98 Å². The van der Waals surface area contributed by atoms with Crippen LogP contribution in [0.4, 0.5) is 0 Å². The van der Waals surface area contributed by atoms with Crippen LogP contribution in [-0.2, 0) is 0 Å². The fourth-order valence-corrected chi connectivity index (χ4v) is 7.93. The van der Waals surface area contributed by atoms with Crippen molar-refractivity contribution in [1.82, 2.24) is 5.32 Å². The summed E-state index contributed by atoms with van der Waals surface area (Å²) in [5.41, 5.74) is 8.44. The number of aliphatic imine (C=N–C) groups is 2. The van der Waals surface area contributed by atoms with Crippen molar-refractivity contribution in [2.24, 2.45) is 9.98 Å². The number of fused-ring (bicyclic) bond motifs is 9. The zero-order chi connectivity index (χ0) is 34.2. The zero-order valence-electron chi connectivity index (χ0n) is 27.9. The summed E-state index contributed by atoms with van der Waals surface area (Å²) < 4.78 is 13.0. The van der Waals surface area contributed by atoms with Crippen LogP contribution in [0.2, 0.25) is 0 Å². The van der Waals surface area contributed by atoms with Crippen molar-refractivity contribution in [3.05, 3.63) is 180 Å². The number of hydrogen-bond donors (Lipinski definition) is 1. The summed E-state index contributed by atoms with van der Waals surface area (Å²) in [6.45, 7) is 0. The smallest absolute Gasteiger partial charge is 0.159 e. The first-order chi connectivity index (χ1) is 25.8. The van der Waals surface area contributed by atoms with Crippen LogP contribution in [0, 0.1) is 0 Å². The Hall–Kier alpha value is -6.98. The molecule has 8 aromatic carbocycles. The maximum atomic E-state index is 6.77. The summed E-state index contributed by atoms with van der Waals surface area (Å²) in [6.07, 6.45) is -0.434. The van der Waals surface area contributed by atoms with E-state index in [9.17, 15) is 0 Å². The van der Waals surface area contributed by atoms with Gasteiger partial charge in [-0.05, 0) is 51.4 Å². The molecule has 2 aromatic heterocycles. The predicted molar refractivity (Wildman–Crippen MR) is 213 cm³/mol. The molecule has 0 fully saturated rings. The Balaban J connectivity index is 1.09. The molecule has 0 radical (unpaired) electrons. The van der Waals surface area contributed by atoms with Crippen molar-refractivity contribution in [3.63, 3.8) is 0 Å². The molecule has 0 spiro atoms. The SMILES string of the molecule is c1ccc(C2=NC(c3cccc4oc5c(-c6ccc7ccc8ccccc8c7c6)cccc5c34)NC(c3cccc4oc5ccccc5c34)=N2)cc1. The summed E-state index contributed by atoms with van der Waals surface area (Å²) in [5, 5.41) is 12.8. The predicted octanol–water partition coefficient (Wildman–Crippen LogP) is 12.0. The third kappa shape index (κ3) is 4.42. The van der Waals surface area contributed by atoms with Crippen molar-refractivity contribution in [2.75, 3.05) is 0 Å². The highest BCUT2D eigenvalue weighted by atomic mass is 16.3. The number of furan rings is 2. The summed E-state index contributed by atoms with van der Waals surface area (Å²) in [6, 6.07) is 56.8. The molecule has 0 bridgehead atoms. The normalized spacial score (nSPS) is 14.7. The highest BCUT2D eigenvalue weighted by Gasteiger charge is 2.26. The quantitative estimate of drug-likeness (QED) is 0.190. The fraction of sp³-hybridized carbons (Fsp3) is 0.0213. The van der Waals surface area contributed by atoms with E-state index in [1.807, 2.05) is 48.5 Å². The molecule has 1 N–H and O–H groups in total. The molecular formula is C47H29N3O2. The standard InChI is InChI=1S/C47H29N3O2/c1-2-12-30(13-3-1)45-48-46(36-18-9-21-40-42(36)34-15-6-7-20-39(34)51-40)50-47(49-45)37-19-10-22-41-43(37)35-17-8-16-33(44(35)52-41)31-26-25-29-24-23-28-11-4-5-14-32(28)38(29)27-31/h1-27,47H,(H,48,49,50). The molecule has 244 valence electrons. The molecule has 5 heteroatoms. The number of hydrogen-bond acceptors (Lipinski definition) is 5. The largest absolute Gasteiger partial charge is 0.456 e. The topological polar surface area (TPSA) is 63.0 Å². The van der Waals surface area contributed by atoms with E-state index in [1.54, 1.807) is 0 Å². The molecular weight excluding hydrogens is 639 g/mol. The average molecular weight is 668 g/mol. The minimum absolute atomic E-state index is 0.434. The number of benzene rings is 8. The molecule has 5 nitrogen and oxygen atoms in total. The number of nitrogens with one attached hydrogen (secondary N) is 1. The van der Waals surface area contributed by atoms with Crippen molar-refractivity contribution < 1.29 is 8.83 Å². The van der Waals surface area contributed by atoms with E-state index >= 15 is 0 Å². The minimum atomic E-state index is -0.434. The molecule has 1 aliphatic heterocycles. The summed E-state index contributed by atoms with van der Waals surface area (Å²) >= 11 is 0. The summed E-state index contributed by atoms with van der Waals surface area (Å²) in [4.78, 5) is 10.4. The first-order valence-corrected chi connectivity index (χ1v) is 17.5. The van der Waals surface area contributed by atoms with Gasteiger partial charge in [0.15, 0.2) is 5.84 Å². The number of nitrogens with zero attached hydrogens (tertiary/aromatic N) is 2. The van der Waals surface area contributed by atoms with Gasteiger partial charge in [-0.3, -0.25) is 0 Å². The minimum Gasteiger partial charge on any atom is -0.456 e. The van der Waals surface area contributed by atoms with Crippen molar-refractivity contribution in [1.29, 1.82) is 0 Å². The molecule has 1 aliphatic rings. The van der Waals surface area contributed by atoms with Crippen LogP contribution in [0.25, 0.3) is 76.5 Å². The number of amidine groups is 2. The lowest BCUT2D eigenvalue weighted by atomic mass is 9.95. The van der Waals surface area contributed by atoms with E-state index in [0.29, 0.717) is 5.84 Å². The van der Waals surface area contributed by atoms with Gasteiger partial charge in [0.1, 0.15) is 34.3 Å².